The summed E-state index contributed by atoms with van der Waals surface area (Å²) >= 11 is 13.0. The van der Waals surface area contributed by atoms with Gasteiger partial charge in [0.25, 0.3) is 0 Å². The summed E-state index contributed by atoms with van der Waals surface area (Å²) in [6.45, 7) is 50.6. The van der Waals surface area contributed by atoms with E-state index in [-0.39, 0.29) is 32.5 Å². The molecule has 566 valence electrons. The Kier molecular flexibility index (Phi) is 27.6. The molecule has 0 saturated carbocycles. The molecule has 109 heavy (non-hydrogen) atoms. The molecule has 0 aliphatic heterocycles. The third-order valence-electron chi connectivity index (χ3n) is 18.1. The van der Waals surface area contributed by atoms with Crippen molar-refractivity contribution in [2.24, 2.45) is 0 Å². The van der Waals surface area contributed by atoms with Crippen molar-refractivity contribution in [1.82, 2.24) is 29.9 Å². The van der Waals surface area contributed by atoms with Gasteiger partial charge in [0.1, 0.15) is 10.0 Å². The highest BCUT2D eigenvalue weighted by Crippen LogP contribution is 2.41. The largest absolute Gasteiger partial charge is 0.356 e. The molecule has 0 spiro atoms. The molecule has 0 radical (unpaired) electrons. The summed E-state index contributed by atoms with van der Waals surface area (Å²) in [4.78, 5) is 15.5. The number of aryl methyl sites for hydroxylation is 2. The van der Waals surface area contributed by atoms with E-state index < -0.39 is 0 Å². The van der Waals surface area contributed by atoms with Crippen LogP contribution in [0, 0.1) is 13.8 Å². The van der Waals surface area contributed by atoms with Crippen LogP contribution in [-0.2, 0) is 37.9 Å². The highest BCUT2D eigenvalue weighted by Gasteiger charge is 2.26. The number of hydrogen-bond donors (Lipinski definition) is 0. The van der Waals surface area contributed by atoms with Crippen LogP contribution in [0.4, 0.5) is 0 Å². The normalized spacial score (nSPS) is 11.9. The van der Waals surface area contributed by atoms with E-state index in [2.05, 4.69) is 337 Å². The number of thiazole rings is 3. The molecule has 0 saturated heterocycles. The molecular formula is C97H111ClN6OS4. The van der Waals surface area contributed by atoms with Gasteiger partial charge in [-0.2, -0.15) is 5.10 Å². The van der Waals surface area contributed by atoms with Crippen molar-refractivity contribution in [2.45, 2.75) is 197 Å². The molecule has 0 unspecified atom stereocenters. The zero-order valence-electron chi connectivity index (χ0n) is 68.4. The second kappa shape index (κ2) is 35.8. The highest BCUT2D eigenvalue weighted by molar-refractivity contribution is 7.22. The molecule has 0 bridgehead atoms. The quantitative estimate of drug-likeness (QED) is 0.171. The second-order valence-electron chi connectivity index (χ2n) is 34.7. The van der Waals surface area contributed by atoms with Crippen LogP contribution >= 0.6 is 56.9 Å². The Balaban J connectivity index is 0.000000148. The number of halogens is 1. The lowest BCUT2D eigenvalue weighted by Gasteiger charge is -2.21. The van der Waals surface area contributed by atoms with Crippen LogP contribution in [0.1, 0.15) is 195 Å². The zero-order valence-corrected chi connectivity index (χ0v) is 72.4. The smallest absolute Gasteiger partial charge is 0.167 e. The number of rotatable bonds is 5. The van der Waals surface area contributed by atoms with Crippen molar-refractivity contribution in [3.8, 4) is 48.7 Å². The van der Waals surface area contributed by atoms with E-state index in [9.17, 15) is 0 Å². The van der Waals surface area contributed by atoms with Crippen molar-refractivity contribution in [3.63, 3.8) is 0 Å². The van der Waals surface area contributed by atoms with E-state index in [1.54, 1.807) is 34.0 Å². The zero-order chi connectivity index (χ0) is 79.3. The number of hydrogen-bond acceptors (Lipinski definition) is 10. The van der Waals surface area contributed by atoms with Gasteiger partial charge in [-0.3, -0.25) is 0 Å². The molecule has 0 amide bonds. The van der Waals surface area contributed by atoms with Gasteiger partial charge in [0.15, 0.2) is 5.58 Å². The monoisotopic (exact) mass is 1540 g/mol. The predicted octanol–water partition coefficient (Wildman–Crippen LogP) is 29.9. The Morgan fingerprint density at radius 1 is 0.385 bits per heavy atom. The van der Waals surface area contributed by atoms with E-state index in [4.69, 9.17) is 31.2 Å². The Morgan fingerprint density at radius 3 is 1.37 bits per heavy atom. The molecule has 6 aromatic heterocycles. The first kappa shape index (κ1) is 84.1. The summed E-state index contributed by atoms with van der Waals surface area (Å²) in [5, 5.41) is 24.8. The molecule has 0 N–H and O–H groups in total. The summed E-state index contributed by atoms with van der Waals surface area (Å²) < 4.78 is 8.50. The Labute approximate surface area is 671 Å². The minimum Gasteiger partial charge on any atom is -0.356 e. The summed E-state index contributed by atoms with van der Waals surface area (Å²) in [5.41, 5.74) is 18.7. The first-order valence-corrected chi connectivity index (χ1v) is 41.4. The number of nitrogens with zero attached hydrogens (tertiary/aromatic N) is 6. The van der Waals surface area contributed by atoms with Crippen LogP contribution in [-0.4, -0.2) is 29.9 Å². The molecular weight excluding hydrogens is 1430 g/mol. The van der Waals surface area contributed by atoms with Gasteiger partial charge in [-0.1, -0.05) is 356 Å². The summed E-state index contributed by atoms with van der Waals surface area (Å²) in [7, 11) is 0. The standard InChI is InChI=1S/C19H19ClN2.C16H17NS2.C14H17NS.C14H16.C13H15NS.C11H13NO.C10H14/c1-19(2,3)17-13-22(16-11-9-15(20)10-12-16)21-18(17)14-7-5-4-6-8-14;1-10-11-7-5-6-8-13(11)19-14(10)12-9-18-15(17-12)16(2,3)4;1-10-5-7-11(8-6-10)13-15-12(9-16-13)14(2,3)4;1-14(2,3)13-10-6-8-11-7-4-5-9-12(11)13;1-13(2,3)11-9-15-12(14-11)10-7-5-4-6-8-10;1-11(2,3)10-8-6-4-5-7-9(8)13-12-10;1-10(2,3)9-7-5-4-6-8-9/h4-13H,1-3H3;5-9H,1-4H3;5-9H,1-4H3;4-10H,1-3H3;4-9H,1-3H3;4-7H,1-3H3;4-8H,1-3H3. The average Bonchev–Trinajstić information content (AvgIpc) is 1.68. The van der Waals surface area contributed by atoms with Crippen molar-refractivity contribution in [2.75, 3.05) is 0 Å². The van der Waals surface area contributed by atoms with Gasteiger partial charge < -0.3 is 4.52 Å². The molecule has 0 fully saturated rings. The van der Waals surface area contributed by atoms with E-state index in [1.807, 2.05) is 101 Å². The molecule has 6 heterocycles. The molecule has 12 heteroatoms. The summed E-state index contributed by atoms with van der Waals surface area (Å²) in [6, 6.07) is 79.1. The Morgan fingerprint density at radius 2 is 0.872 bits per heavy atom. The summed E-state index contributed by atoms with van der Waals surface area (Å²) in [6.07, 6.45) is 2.12. The molecule has 0 atom stereocenters. The highest BCUT2D eigenvalue weighted by atomic mass is 35.5. The number of para-hydroxylation sites is 1. The lowest BCUT2D eigenvalue weighted by atomic mass is 9.84. The van der Waals surface area contributed by atoms with E-state index >= 15 is 0 Å². The fourth-order valence-electron chi connectivity index (χ4n) is 11.6. The van der Waals surface area contributed by atoms with Gasteiger partial charge >= 0.3 is 0 Å². The molecule has 15 aromatic rings. The Bertz CT molecular complexity index is 5310. The first-order chi connectivity index (χ1) is 51.2. The van der Waals surface area contributed by atoms with Crippen LogP contribution in [0.2, 0.25) is 5.02 Å². The van der Waals surface area contributed by atoms with Gasteiger partial charge in [0.05, 0.1) is 44.0 Å². The van der Waals surface area contributed by atoms with Gasteiger partial charge in [-0.05, 0) is 105 Å². The topological polar surface area (TPSA) is 82.5 Å². The van der Waals surface area contributed by atoms with Gasteiger partial charge in [-0.25, -0.2) is 19.6 Å². The molecule has 9 aromatic carbocycles. The number of fused-ring (bicyclic) bond motifs is 3. The van der Waals surface area contributed by atoms with Crippen molar-refractivity contribution < 1.29 is 4.52 Å². The average molecular weight is 1540 g/mol. The number of aromatic nitrogens is 6. The maximum Gasteiger partial charge on any atom is 0.167 e. The minimum atomic E-state index is 0.0237. The van der Waals surface area contributed by atoms with Crippen LogP contribution in [0.15, 0.2) is 257 Å². The van der Waals surface area contributed by atoms with Gasteiger partial charge in [0.2, 0.25) is 0 Å². The van der Waals surface area contributed by atoms with Crippen LogP contribution in [0.3, 0.4) is 0 Å². The van der Waals surface area contributed by atoms with E-state index in [0.29, 0.717) is 5.41 Å². The van der Waals surface area contributed by atoms with E-state index in [1.165, 1.54) is 81.1 Å². The van der Waals surface area contributed by atoms with Crippen molar-refractivity contribution >= 4 is 88.8 Å². The lowest BCUT2D eigenvalue weighted by Crippen LogP contribution is -2.11. The predicted molar refractivity (Wildman–Crippen MR) is 477 cm³/mol. The third kappa shape index (κ3) is 23.3. The van der Waals surface area contributed by atoms with Crippen LogP contribution < -0.4 is 0 Å². The molecule has 7 nitrogen and oxygen atoms in total. The molecule has 0 aliphatic carbocycles. The van der Waals surface area contributed by atoms with Gasteiger partial charge in [-0.15, -0.1) is 45.3 Å². The third-order valence-corrected chi connectivity index (χ3v) is 22.7. The Hall–Kier alpha value is -8.94. The maximum absolute atomic E-state index is 5.97. The number of benzene rings is 9. The molecule has 15 rings (SSSR count). The second-order valence-corrected chi connectivity index (χ2v) is 38.8. The minimum absolute atomic E-state index is 0.0237. The number of thiophene rings is 1. The van der Waals surface area contributed by atoms with Crippen LogP contribution in [0.25, 0.3) is 80.5 Å². The summed E-state index contributed by atoms with van der Waals surface area (Å²) in [5.74, 6) is 0. The van der Waals surface area contributed by atoms with Crippen molar-refractivity contribution in [1.29, 1.82) is 0 Å². The van der Waals surface area contributed by atoms with Gasteiger partial charge in [0, 0.05) is 81.4 Å². The fraction of sp³-hybridized carbons (Fsp3) is 0.309. The van der Waals surface area contributed by atoms with Crippen molar-refractivity contribution in [3.05, 3.63) is 308 Å². The lowest BCUT2D eigenvalue weighted by molar-refractivity contribution is 0.419. The fourth-order valence-corrected chi connectivity index (χ4v) is 16.0. The SMILES string of the molecule is CC(C)(C)c1cccc2ccccc12.CC(C)(C)c1ccccc1.CC(C)(C)c1cn(-c2ccc(Cl)cc2)nc1-c1ccccc1.CC(C)(C)c1csc(-c2ccccc2)n1.CC(C)(C)c1noc2ccccc12.Cc1c(-c2csc(C(C)(C)C)n2)sc2ccccc12.Cc1ccc(-c2nc(C(C)(C)C)cs2)cc1. The van der Waals surface area contributed by atoms with Crippen LogP contribution in [0.5, 0.6) is 0 Å². The van der Waals surface area contributed by atoms with E-state index in [0.717, 1.165) is 54.3 Å². The first-order valence-electron chi connectivity index (χ1n) is 37.5. The molecule has 0 aliphatic rings. The maximum atomic E-state index is 5.97.